The first kappa shape index (κ1) is 13.9. The summed E-state index contributed by atoms with van der Waals surface area (Å²) in [6.07, 6.45) is 3.14. The first-order valence-electron chi connectivity index (χ1n) is 6.66. The van der Waals surface area contributed by atoms with E-state index in [1.807, 2.05) is 19.9 Å². The number of aromatic nitrogens is 4. The average Bonchev–Trinajstić information content (AvgIpc) is 2.86. The average molecular weight is 295 g/mol. The van der Waals surface area contributed by atoms with E-state index < -0.39 is 4.92 Å². The van der Waals surface area contributed by atoms with E-state index in [9.17, 15) is 10.1 Å². The van der Waals surface area contributed by atoms with Crippen molar-refractivity contribution in [3.63, 3.8) is 0 Å². The third-order valence-corrected chi connectivity index (χ3v) is 3.25. The van der Waals surface area contributed by atoms with E-state index in [-0.39, 0.29) is 5.69 Å². The van der Waals surface area contributed by atoms with Crippen LogP contribution in [-0.4, -0.2) is 24.7 Å². The summed E-state index contributed by atoms with van der Waals surface area (Å²) in [6.45, 7) is 3.81. The molecule has 0 aliphatic heterocycles. The number of nitro benzene ring substituents is 1. The summed E-state index contributed by atoms with van der Waals surface area (Å²) in [5.41, 5.74) is 2.93. The third-order valence-electron chi connectivity index (χ3n) is 3.25. The second kappa shape index (κ2) is 5.36. The van der Waals surface area contributed by atoms with Crippen molar-refractivity contribution in [1.29, 1.82) is 0 Å². The molecule has 0 atom stereocenters. The number of rotatable bonds is 3. The molecule has 0 radical (unpaired) electrons. The molecular formula is C15H13N5O2. The minimum atomic E-state index is -0.412. The van der Waals surface area contributed by atoms with Gasteiger partial charge in [0, 0.05) is 29.7 Å². The van der Waals surface area contributed by atoms with Gasteiger partial charge in [-0.15, -0.1) is 0 Å². The molecule has 110 valence electrons. The van der Waals surface area contributed by atoms with Gasteiger partial charge in [0.1, 0.15) is 0 Å². The van der Waals surface area contributed by atoms with Crippen LogP contribution in [0.3, 0.4) is 0 Å². The standard InChI is InChI=1S/C15H13N5O2/c1-10-7-11(2)19(18-10)15-16-8-12(9-17-15)13-5-3-4-6-14(13)20(21)22/h3-9H,1-2H3. The largest absolute Gasteiger partial charge is 0.277 e. The lowest BCUT2D eigenvalue weighted by molar-refractivity contribution is -0.384. The summed E-state index contributed by atoms with van der Waals surface area (Å²) >= 11 is 0. The van der Waals surface area contributed by atoms with Crippen molar-refractivity contribution in [3.05, 3.63) is 64.2 Å². The lowest BCUT2D eigenvalue weighted by Crippen LogP contribution is -2.04. The highest BCUT2D eigenvalue weighted by Crippen LogP contribution is 2.28. The Morgan fingerprint density at radius 2 is 1.82 bits per heavy atom. The van der Waals surface area contributed by atoms with Gasteiger partial charge in [-0.25, -0.2) is 14.6 Å². The van der Waals surface area contributed by atoms with E-state index in [2.05, 4.69) is 15.1 Å². The lowest BCUT2D eigenvalue weighted by atomic mass is 10.1. The number of aryl methyl sites for hydroxylation is 2. The first-order chi connectivity index (χ1) is 10.6. The van der Waals surface area contributed by atoms with Crippen molar-refractivity contribution in [2.75, 3.05) is 0 Å². The highest BCUT2D eigenvalue weighted by Gasteiger charge is 2.15. The Morgan fingerprint density at radius 1 is 1.14 bits per heavy atom. The second-order valence-corrected chi connectivity index (χ2v) is 4.88. The van der Waals surface area contributed by atoms with Crippen LogP contribution in [0, 0.1) is 24.0 Å². The highest BCUT2D eigenvalue weighted by atomic mass is 16.6. The quantitative estimate of drug-likeness (QED) is 0.547. The van der Waals surface area contributed by atoms with E-state index >= 15 is 0 Å². The van der Waals surface area contributed by atoms with Crippen molar-refractivity contribution in [2.45, 2.75) is 13.8 Å². The number of nitrogens with zero attached hydrogens (tertiary/aromatic N) is 5. The van der Waals surface area contributed by atoms with Gasteiger partial charge in [-0.1, -0.05) is 12.1 Å². The molecule has 2 aromatic heterocycles. The van der Waals surface area contributed by atoms with Crippen LogP contribution in [0.1, 0.15) is 11.4 Å². The Kier molecular flexibility index (Phi) is 3.38. The van der Waals surface area contributed by atoms with Crippen molar-refractivity contribution in [3.8, 4) is 17.1 Å². The fourth-order valence-electron chi connectivity index (χ4n) is 2.28. The lowest BCUT2D eigenvalue weighted by Gasteiger charge is -2.05. The van der Waals surface area contributed by atoms with Gasteiger partial charge in [-0.2, -0.15) is 5.10 Å². The number of benzene rings is 1. The zero-order valence-electron chi connectivity index (χ0n) is 12.1. The first-order valence-corrected chi connectivity index (χ1v) is 6.66. The summed E-state index contributed by atoms with van der Waals surface area (Å²) in [7, 11) is 0. The zero-order valence-corrected chi connectivity index (χ0v) is 12.1. The van der Waals surface area contributed by atoms with E-state index in [1.165, 1.54) is 6.07 Å². The maximum atomic E-state index is 11.1. The molecule has 0 saturated carbocycles. The Bertz CT molecular complexity index is 839. The van der Waals surface area contributed by atoms with Crippen molar-refractivity contribution >= 4 is 5.69 Å². The van der Waals surface area contributed by atoms with E-state index in [4.69, 9.17) is 0 Å². The predicted molar refractivity (Wildman–Crippen MR) is 80.7 cm³/mol. The second-order valence-electron chi connectivity index (χ2n) is 4.88. The summed E-state index contributed by atoms with van der Waals surface area (Å²) < 4.78 is 1.64. The minimum Gasteiger partial charge on any atom is -0.258 e. The highest BCUT2D eigenvalue weighted by molar-refractivity contribution is 5.72. The maximum Gasteiger partial charge on any atom is 0.277 e. The Morgan fingerprint density at radius 3 is 2.41 bits per heavy atom. The third kappa shape index (κ3) is 2.44. The van der Waals surface area contributed by atoms with Crippen LogP contribution < -0.4 is 0 Å². The van der Waals surface area contributed by atoms with Crippen LogP contribution >= 0.6 is 0 Å². The molecule has 7 nitrogen and oxygen atoms in total. The predicted octanol–water partition coefficient (Wildman–Crippen LogP) is 2.85. The maximum absolute atomic E-state index is 11.1. The Labute approximate surface area is 126 Å². The molecule has 0 unspecified atom stereocenters. The zero-order chi connectivity index (χ0) is 15.7. The molecule has 0 aliphatic carbocycles. The van der Waals surface area contributed by atoms with Gasteiger partial charge >= 0.3 is 0 Å². The van der Waals surface area contributed by atoms with Gasteiger partial charge < -0.3 is 0 Å². The van der Waals surface area contributed by atoms with Gasteiger partial charge in [-0.05, 0) is 26.0 Å². The number of hydrogen-bond donors (Lipinski definition) is 0. The molecule has 22 heavy (non-hydrogen) atoms. The van der Waals surface area contributed by atoms with Crippen LogP contribution in [0.5, 0.6) is 0 Å². The Hall–Kier alpha value is -3.09. The SMILES string of the molecule is Cc1cc(C)n(-c2ncc(-c3ccccc3[N+](=O)[O-])cn2)n1. The fraction of sp³-hybridized carbons (Fsp3) is 0.133. The summed E-state index contributed by atoms with van der Waals surface area (Å²) in [4.78, 5) is 19.2. The monoisotopic (exact) mass is 295 g/mol. The summed E-state index contributed by atoms with van der Waals surface area (Å²) in [5.74, 6) is 0.438. The molecular weight excluding hydrogens is 282 g/mol. The van der Waals surface area contributed by atoms with Crippen LogP contribution in [0.15, 0.2) is 42.7 Å². The molecule has 1 aromatic carbocycles. The molecule has 7 heteroatoms. The van der Waals surface area contributed by atoms with Crippen LogP contribution in [-0.2, 0) is 0 Å². The molecule has 0 bridgehead atoms. The molecule has 3 rings (SSSR count). The van der Waals surface area contributed by atoms with Crippen LogP contribution in [0.25, 0.3) is 17.1 Å². The smallest absolute Gasteiger partial charge is 0.258 e. The topological polar surface area (TPSA) is 86.7 Å². The minimum absolute atomic E-state index is 0.0324. The molecule has 2 heterocycles. The molecule has 0 saturated heterocycles. The van der Waals surface area contributed by atoms with E-state index in [0.717, 1.165) is 11.4 Å². The van der Waals surface area contributed by atoms with E-state index in [1.54, 1.807) is 35.3 Å². The Balaban J connectivity index is 2.02. The van der Waals surface area contributed by atoms with Crippen molar-refractivity contribution < 1.29 is 4.92 Å². The van der Waals surface area contributed by atoms with Crippen molar-refractivity contribution in [1.82, 2.24) is 19.7 Å². The summed E-state index contributed by atoms with van der Waals surface area (Å²) in [5, 5.41) is 15.4. The number of nitro groups is 1. The van der Waals surface area contributed by atoms with Crippen molar-refractivity contribution in [2.24, 2.45) is 0 Å². The van der Waals surface area contributed by atoms with E-state index in [0.29, 0.717) is 17.1 Å². The molecule has 0 N–H and O–H groups in total. The molecule has 0 spiro atoms. The normalized spacial score (nSPS) is 10.6. The number of hydrogen-bond acceptors (Lipinski definition) is 5. The van der Waals surface area contributed by atoms with Gasteiger partial charge in [-0.3, -0.25) is 10.1 Å². The molecule has 3 aromatic rings. The van der Waals surface area contributed by atoms with Gasteiger partial charge in [0.25, 0.3) is 11.6 Å². The molecule has 0 fully saturated rings. The number of para-hydroxylation sites is 1. The van der Waals surface area contributed by atoms with Gasteiger partial charge in [0.2, 0.25) is 0 Å². The van der Waals surface area contributed by atoms with Crippen LogP contribution in [0.4, 0.5) is 5.69 Å². The fourth-order valence-corrected chi connectivity index (χ4v) is 2.28. The summed E-state index contributed by atoms with van der Waals surface area (Å²) in [6, 6.07) is 8.45. The van der Waals surface area contributed by atoms with Crippen LogP contribution in [0.2, 0.25) is 0 Å². The molecule has 0 aliphatic rings. The van der Waals surface area contributed by atoms with Gasteiger partial charge in [0.05, 0.1) is 16.2 Å². The molecule has 0 amide bonds. The van der Waals surface area contributed by atoms with Gasteiger partial charge in [0.15, 0.2) is 0 Å².